The molecule has 12 heavy (non-hydrogen) atoms. The summed E-state index contributed by atoms with van der Waals surface area (Å²) < 4.78 is 11.4. The predicted molar refractivity (Wildman–Crippen MR) is 47.1 cm³/mol. The lowest BCUT2D eigenvalue weighted by molar-refractivity contribution is -0.172. The summed E-state index contributed by atoms with van der Waals surface area (Å²) in [5.41, 5.74) is 0.110. The zero-order chi connectivity index (χ0) is 8.60. The average Bonchev–Trinajstić information content (AvgIpc) is 2.02. The molecule has 2 heterocycles. The van der Waals surface area contributed by atoms with Gasteiger partial charge in [-0.15, -0.1) is 0 Å². The minimum atomic E-state index is 0.110. The molecule has 0 aliphatic carbocycles. The molecule has 0 N–H and O–H groups in total. The molecule has 0 bridgehead atoms. The van der Waals surface area contributed by atoms with Crippen LogP contribution in [0, 0.1) is 5.92 Å². The molecule has 2 aliphatic rings. The third-order valence-corrected chi connectivity index (χ3v) is 2.99. The lowest BCUT2D eigenvalue weighted by Gasteiger charge is -2.43. The average molecular weight is 170 g/mol. The van der Waals surface area contributed by atoms with Crippen LogP contribution >= 0.6 is 0 Å². The van der Waals surface area contributed by atoms with Gasteiger partial charge < -0.3 is 9.47 Å². The molecule has 0 amide bonds. The van der Waals surface area contributed by atoms with E-state index in [1.54, 1.807) is 0 Å². The summed E-state index contributed by atoms with van der Waals surface area (Å²) in [6.45, 7) is 6.19. The van der Waals surface area contributed by atoms with E-state index in [0.717, 1.165) is 19.6 Å². The molecule has 0 unspecified atom stereocenters. The van der Waals surface area contributed by atoms with Gasteiger partial charge in [0.25, 0.3) is 0 Å². The van der Waals surface area contributed by atoms with E-state index in [0.29, 0.717) is 12.0 Å². The second-order valence-corrected chi connectivity index (χ2v) is 4.58. The van der Waals surface area contributed by atoms with Crippen molar-refractivity contribution in [2.75, 3.05) is 13.2 Å². The van der Waals surface area contributed by atoms with Crippen LogP contribution in [0.3, 0.4) is 0 Å². The smallest absolute Gasteiger partial charge is 0.0654 e. The summed E-state index contributed by atoms with van der Waals surface area (Å²) in [4.78, 5) is 0. The topological polar surface area (TPSA) is 18.5 Å². The van der Waals surface area contributed by atoms with Crippen molar-refractivity contribution in [3.05, 3.63) is 0 Å². The molecule has 2 heteroatoms. The molecule has 0 aromatic heterocycles. The van der Waals surface area contributed by atoms with Crippen molar-refractivity contribution in [3.8, 4) is 0 Å². The van der Waals surface area contributed by atoms with E-state index in [9.17, 15) is 0 Å². The second kappa shape index (κ2) is 3.00. The zero-order valence-electron chi connectivity index (χ0n) is 8.01. The first-order chi connectivity index (χ1) is 5.67. The Labute approximate surface area is 74.2 Å². The third-order valence-electron chi connectivity index (χ3n) is 2.99. The van der Waals surface area contributed by atoms with Crippen LogP contribution in [0.2, 0.25) is 0 Å². The van der Waals surface area contributed by atoms with Crippen molar-refractivity contribution in [1.82, 2.24) is 0 Å². The van der Waals surface area contributed by atoms with Crippen LogP contribution in [-0.4, -0.2) is 24.9 Å². The fourth-order valence-electron chi connectivity index (χ4n) is 2.20. The van der Waals surface area contributed by atoms with Crippen LogP contribution < -0.4 is 0 Å². The molecule has 70 valence electrons. The summed E-state index contributed by atoms with van der Waals surface area (Å²) in [7, 11) is 0. The Balaban J connectivity index is 1.99. The van der Waals surface area contributed by atoms with Crippen LogP contribution in [0.4, 0.5) is 0 Å². The molecule has 2 rings (SSSR count). The van der Waals surface area contributed by atoms with E-state index in [2.05, 4.69) is 13.8 Å². The molecule has 0 radical (unpaired) electrons. The molecule has 2 fully saturated rings. The van der Waals surface area contributed by atoms with Crippen LogP contribution in [-0.2, 0) is 9.47 Å². The Morgan fingerprint density at radius 2 is 2.08 bits per heavy atom. The van der Waals surface area contributed by atoms with Gasteiger partial charge in [0.05, 0.1) is 18.3 Å². The van der Waals surface area contributed by atoms with Crippen molar-refractivity contribution in [2.45, 2.75) is 44.8 Å². The van der Waals surface area contributed by atoms with Gasteiger partial charge in [0.1, 0.15) is 0 Å². The minimum Gasteiger partial charge on any atom is -0.381 e. The van der Waals surface area contributed by atoms with E-state index < -0.39 is 0 Å². The maximum atomic E-state index is 6.00. The molecule has 0 spiro atoms. The zero-order valence-corrected chi connectivity index (χ0v) is 8.01. The van der Waals surface area contributed by atoms with Gasteiger partial charge in [0, 0.05) is 12.5 Å². The Morgan fingerprint density at radius 1 is 1.25 bits per heavy atom. The summed E-state index contributed by atoms with van der Waals surface area (Å²) in [5, 5.41) is 0. The lowest BCUT2D eigenvalue weighted by Crippen LogP contribution is -2.45. The molecule has 0 saturated carbocycles. The normalized spacial score (nSPS) is 40.5. The van der Waals surface area contributed by atoms with Crippen molar-refractivity contribution in [1.29, 1.82) is 0 Å². The first-order valence-corrected chi connectivity index (χ1v) is 4.93. The van der Waals surface area contributed by atoms with Gasteiger partial charge in [-0.1, -0.05) is 0 Å². The molecule has 0 aromatic carbocycles. The molecular formula is C10H18O2. The van der Waals surface area contributed by atoms with Crippen LogP contribution in [0.5, 0.6) is 0 Å². The van der Waals surface area contributed by atoms with Crippen LogP contribution in [0.25, 0.3) is 0 Å². The summed E-state index contributed by atoms with van der Waals surface area (Å²) in [5.74, 6) is 0.673. The molecular weight excluding hydrogens is 152 g/mol. The monoisotopic (exact) mass is 170 g/mol. The molecule has 2 saturated heterocycles. The van der Waals surface area contributed by atoms with Crippen molar-refractivity contribution in [3.63, 3.8) is 0 Å². The number of ether oxygens (including phenoxy) is 2. The number of rotatable bonds is 0. The van der Waals surface area contributed by atoms with Gasteiger partial charge >= 0.3 is 0 Å². The predicted octanol–water partition coefficient (Wildman–Crippen LogP) is 1.98. The highest BCUT2D eigenvalue weighted by Gasteiger charge is 2.37. The quantitative estimate of drug-likeness (QED) is 0.553. The Kier molecular flexibility index (Phi) is 2.13. The van der Waals surface area contributed by atoms with Crippen molar-refractivity contribution >= 4 is 0 Å². The number of hydrogen-bond acceptors (Lipinski definition) is 2. The Morgan fingerprint density at radius 3 is 2.92 bits per heavy atom. The minimum absolute atomic E-state index is 0.110. The Hall–Kier alpha value is -0.0800. The second-order valence-electron chi connectivity index (χ2n) is 4.58. The number of hydrogen-bond donors (Lipinski definition) is 0. The fraction of sp³-hybridized carbons (Fsp3) is 1.00. The van der Waals surface area contributed by atoms with Gasteiger partial charge in [0.2, 0.25) is 0 Å². The lowest BCUT2D eigenvalue weighted by atomic mass is 9.85. The highest BCUT2D eigenvalue weighted by Crippen LogP contribution is 2.35. The molecule has 2 nitrogen and oxygen atoms in total. The summed E-state index contributed by atoms with van der Waals surface area (Å²) >= 11 is 0. The Bertz CT molecular complexity index is 165. The first kappa shape index (κ1) is 8.52. The van der Waals surface area contributed by atoms with Crippen LogP contribution in [0.15, 0.2) is 0 Å². The van der Waals surface area contributed by atoms with E-state index in [-0.39, 0.29) is 5.60 Å². The van der Waals surface area contributed by atoms with E-state index in [1.165, 1.54) is 12.8 Å². The highest BCUT2D eigenvalue weighted by atomic mass is 16.5. The maximum Gasteiger partial charge on any atom is 0.0654 e. The van der Waals surface area contributed by atoms with Gasteiger partial charge in [-0.25, -0.2) is 0 Å². The van der Waals surface area contributed by atoms with E-state index in [1.807, 2.05) is 0 Å². The standard InChI is InChI=1S/C10H18O2/c1-10(2)5-3-8-7-11-6-4-9(8)12-10/h8-9H,3-7H2,1-2H3/t8-,9+/m0/s1. The summed E-state index contributed by atoms with van der Waals surface area (Å²) in [6.07, 6.45) is 4.02. The summed E-state index contributed by atoms with van der Waals surface area (Å²) in [6, 6.07) is 0. The largest absolute Gasteiger partial charge is 0.381 e. The van der Waals surface area contributed by atoms with Gasteiger partial charge in [0.15, 0.2) is 0 Å². The van der Waals surface area contributed by atoms with Crippen molar-refractivity contribution < 1.29 is 9.47 Å². The van der Waals surface area contributed by atoms with Crippen LogP contribution in [0.1, 0.15) is 33.1 Å². The third kappa shape index (κ3) is 1.64. The highest BCUT2D eigenvalue weighted by molar-refractivity contribution is 4.85. The number of fused-ring (bicyclic) bond motifs is 1. The molecule has 2 atom stereocenters. The van der Waals surface area contributed by atoms with Gasteiger partial charge in [-0.2, -0.15) is 0 Å². The van der Waals surface area contributed by atoms with Gasteiger partial charge in [-0.3, -0.25) is 0 Å². The van der Waals surface area contributed by atoms with E-state index >= 15 is 0 Å². The van der Waals surface area contributed by atoms with Gasteiger partial charge in [-0.05, 0) is 33.1 Å². The first-order valence-electron chi connectivity index (χ1n) is 4.93. The SMILES string of the molecule is CC1(C)CC[C@H]2COCC[C@H]2O1. The fourth-order valence-corrected chi connectivity index (χ4v) is 2.20. The van der Waals surface area contributed by atoms with Crippen molar-refractivity contribution in [2.24, 2.45) is 5.92 Å². The van der Waals surface area contributed by atoms with E-state index in [4.69, 9.17) is 9.47 Å². The molecule has 2 aliphatic heterocycles. The maximum absolute atomic E-state index is 6.00. The molecule has 0 aromatic rings.